The Morgan fingerprint density at radius 1 is 1.41 bits per heavy atom. The Hall–Kier alpha value is -0.630. The number of likely N-dealkylation sites (N-methyl/N-ethyl adjacent to an activating group) is 1. The molecule has 0 saturated heterocycles. The van der Waals surface area contributed by atoms with Crippen LogP contribution in [0.1, 0.15) is 0 Å². The van der Waals surface area contributed by atoms with Crippen molar-refractivity contribution in [3.8, 4) is 0 Å². The summed E-state index contributed by atoms with van der Waals surface area (Å²) >= 11 is 3.19. The van der Waals surface area contributed by atoms with Crippen LogP contribution < -0.4 is 10.5 Å². The molecule has 0 aromatic heterocycles. The van der Waals surface area contributed by atoms with Gasteiger partial charge in [0.15, 0.2) is 0 Å². The molecule has 0 heterocycles. The van der Waals surface area contributed by atoms with Gasteiger partial charge in [0.05, 0.1) is 4.90 Å². The van der Waals surface area contributed by atoms with Crippen LogP contribution in [-0.2, 0) is 10.0 Å². The SMILES string of the molecule is CN(C)CCNS(=O)(=O)c1ccc(N)cc1Br. The summed E-state index contributed by atoms with van der Waals surface area (Å²) in [7, 11) is 0.282. The monoisotopic (exact) mass is 321 g/mol. The highest BCUT2D eigenvalue weighted by Crippen LogP contribution is 2.23. The largest absolute Gasteiger partial charge is 0.399 e. The molecule has 5 nitrogen and oxygen atoms in total. The van der Waals surface area contributed by atoms with Crippen molar-refractivity contribution < 1.29 is 8.42 Å². The van der Waals surface area contributed by atoms with E-state index in [1.807, 2.05) is 19.0 Å². The number of benzene rings is 1. The van der Waals surface area contributed by atoms with E-state index < -0.39 is 10.0 Å². The molecule has 0 unspecified atom stereocenters. The van der Waals surface area contributed by atoms with Crippen molar-refractivity contribution in [1.29, 1.82) is 0 Å². The van der Waals surface area contributed by atoms with Crippen LogP contribution in [0.5, 0.6) is 0 Å². The van der Waals surface area contributed by atoms with E-state index in [0.29, 0.717) is 23.2 Å². The van der Waals surface area contributed by atoms with Crippen LogP contribution in [0.25, 0.3) is 0 Å². The van der Waals surface area contributed by atoms with Gasteiger partial charge in [-0.2, -0.15) is 0 Å². The van der Waals surface area contributed by atoms with Crippen molar-refractivity contribution in [1.82, 2.24) is 9.62 Å². The second-order valence-corrected chi connectivity index (χ2v) is 6.48. The van der Waals surface area contributed by atoms with Crippen molar-refractivity contribution >= 4 is 31.6 Å². The fourth-order valence-corrected chi connectivity index (χ4v) is 3.33. The van der Waals surface area contributed by atoms with Crippen LogP contribution in [0, 0.1) is 0 Å². The Balaban J connectivity index is 2.83. The molecule has 0 atom stereocenters. The number of nitrogens with zero attached hydrogens (tertiary/aromatic N) is 1. The lowest BCUT2D eigenvalue weighted by Crippen LogP contribution is -2.31. The first-order valence-electron chi connectivity index (χ1n) is 5.02. The quantitative estimate of drug-likeness (QED) is 0.789. The number of sulfonamides is 1. The van der Waals surface area contributed by atoms with Gasteiger partial charge >= 0.3 is 0 Å². The zero-order valence-electron chi connectivity index (χ0n) is 9.77. The van der Waals surface area contributed by atoms with E-state index in [1.165, 1.54) is 6.07 Å². The van der Waals surface area contributed by atoms with Crippen LogP contribution in [-0.4, -0.2) is 40.5 Å². The molecule has 1 rings (SSSR count). The molecule has 1 aromatic rings. The number of hydrogen-bond acceptors (Lipinski definition) is 4. The van der Waals surface area contributed by atoms with Crippen molar-refractivity contribution in [2.75, 3.05) is 32.9 Å². The van der Waals surface area contributed by atoms with E-state index in [9.17, 15) is 8.42 Å². The third-order valence-corrected chi connectivity index (χ3v) is 4.53. The normalized spacial score (nSPS) is 12.0. The molecule has 0 saturated carbocycles. The van der Waals surface area contributed by atoms with Gasteiger partial charge in [-0.05, 0) is 48.2 Å². The number of halogens is 1. The molecule has 0 aliphatic carbocycles. The molecule has 0 amide bonds. The van der Waals surface area contributed by atoms with E-state index in [-0.39, 0.29) is 4.90 Å². The van der Waals surface area contributed by atoms with Crippen molar-refractivity contribution in [3.63, 3.8) is 0 Å². The maximum Gasteiger partial charge on any atom is 0.241 e. The van der Waals surface area contributed by atoms with Gasteiger partial charge in [0.2, 0.25) is 10.0 Å². The highest BCUT2D eigenvalue weighted by Gasteiger charge is 2.16. The molecular weight excluding hydrogens is 306 g/mol. The molecule has 3 N–H and O–H groups in total. The average molecular weight is 322 g/mol. The summed E-state index contributed by atoms with van der Waals surface area (Å²) < 4.78 is 26.9. The molecule has 1 aromatic carbocycles. The van der Waals surface area contributed by atoms with Gasteiger partial charge < -0.3 is 10.6 Å². The highest BCUT2D eigenvalue weighted by molar-refractivity contribution is 9.10. The Morgan fingerprint density at radius 2 is 2.06 bits per heavy atom. The molecule has 0 bridgehead atoms. The van der Waals surface area contributed by atoms with E-state index in [1.54, 1.807) is 12.1 Å². The van der Waals surface area contributed by atoms with E-state index in [4.69, 9.17) is 5.73 Å². The summed E-state index contributed by atoms with van der Waals surface area (Å²) in [5.41, 5.74) is 6.08. The molecular formula is C10H16BrN3O2S. The molecule has 0 radical (unpaired) electrons. The minimum absolute atomic E-state index is 0.199. The van der Waals surface area contributed by atoms with Gasteiger partial charge in [0.1, 0.15) is 0 Å². The predicted molar refractivity (Wildman–Crippen MR) is 72.3 cm³/mol. The minimum Gasteiger partial charge on any atom is -0.399 e. The first kappa shape index (κ1) is 14.4. The molecule has 0 aliphatic heterocycles. The van der Waals surface area contributed by atoms with Crippen LogP contribution >= 0.6 is 15.9 Å². The number of hydrogen-bond donors (Lipinski definition) is 2. The third-order valence-electron chi connectivity index (χ3n) is 2.10. The summed E-state index contributed by atoms with van der Waals surface area (Å²) in [6.45, 7) is 1.01. The summed E-state index contributed by atoms with van der Waals surface area (Å²) in [5.74, 6) is 0. The second-order valence-electron chi connectivity index (χ2n) is 3.89. The van der Waals surface area contributed by atoms with Crippen LogP contribution in [0.4, 0.5) is 5.69 Å². The standard InChI is InChI=1S/C10H16BrN3O2S/c1-14(2)6-5-13-17(15,16)10-4-3-8(12)7-9(10)11/h3-4,7,13H,5-6,12H2,1-2H3. The van der Waals surface area contributed by atoms with Gasteiger partial charge in [-0.15, -0.1) is 0 Å². The maximum absolute atomic E-state index is 11.9. The summed E-state index contributed by atoms with van der Waals surface area (Å²) in [4.78, 5) is 2.10. The van der Waals surface area contributed by atoms with E-state index >= 15 is 0 Å². The van der Waals surface area contributed by atoms with Crippen LogP contribution in [0.15, 0.2) is 27.6 Å². The Labute approximate surface area is 110 Å². The second kappa shape index (κ2) is 5.81. The number of nitrogens with one attached hydrogen (secondary N) is 1. The van der Waals surface area contributed by atoms with Crippen molar-refractivity contribution in [2.24, 2.45) is 0 Å². The average Bonchev–Trinajstić information content (AvgIpc) is 2.15. The highest BCUT2D eigenvalue weighted by atomic mass is 79.9. The topological polar surface area (TPSA) is 75.4 Å². The lowest BCUT2D eigenvalue weighted by Gasteiger charge is -2.12. The van der Waals surface area contributed by atoms with Gasteiger partial charge in [-0.1, -0.05) is 0 Å². The molecule has 0 spiro atoms. The van der Waals surface area contributed by atoms with E-state index in [0.717, 1.165) is 0 Å². The lowest BCUT2D eigenvalue weighted by molar-refractivity contribution is 0.412. The van der Waals surface area contributed by atoms with Gasteiger partial charge in [-0.25, -0.2) is 13.1 Å². The van der Waals surface area contributed by atoms with Gasteiger partial charge in [-0.3, -0.25) is 0 Å². The summed E-state index contributed by atoms with van der Waals surface area (Å²) in [5, 5.41) is 0. The predicted octanol–water partition coefficient (Wildman–Crippen LogP) is 0.871. The molecule has 7 heteroatoms. The van der Waals surface area contributed by atoms with Crippen LogP contribution in [0.2, 0.25) is 0 Å². The van der Waals surface area contributed by atoms with Crippen molar-refractivity contribution in [3.05, 3.63) is 22.7 Å². The van der Waals surface area contributed by atoms with E-state index in [2.05, 4.69) is 20.7 Å². The Bertz CT molecular complexity index is 488. The molecule has 96 valence electrons. The smallest absolute Gasteiger partial charge is 0.241 e. The van der Waals surface area contributed by atoms with Gasteiger partial charge in [0.25, 0.3) is 0 Å². The first-order chi connectivity index (χ1) is 7.83. The fourth-order valence-electron chi connectivity index (χ4n) is 1.22. The number of anilines is 1. The Kier molecular flexibility index (Phi) is 4.93. The number of nitrogen functional groups attached to an aromatic ring is 1. The zero-order chi connectivity index (χ0) is 13.1. The Morgan fingerprint density at radius 3 is 2.59 bits per heavy atom. The number of rotatable bonds is 5. The van der Waals surface area contributed by atoms with Crippen molar-refractivity contribution in [2.45, 2.75) is 4.90 Å². The zero-order valence-corrected chi connectivity index (χ0v) is 12.2. The fraction of sp³-hybridized carbons (Fsp3) is 0.400. The molecule has 0 aliphatic rings. The maximum atomic E-state index is 11.9. The first-order valence-corrected chi connectivity index (χ1v) is 7.30. The summed E-state index contributed by atoms with van der Waals surface area (Å²) in [6.07, 6.45) is 0. The van der Waals surface area contributed by atoms with Gasteiger partial charge in [0, 0.05) is 23.2 Å². The number of nitrogens with two attached hydrogens (primary N) is 1. The lowest BCUT2D eigenvalue weighted by atomic mass is 10.3. The summed E-state index contributed by atoms with van der Waals surface area (Å²) in [6, 6.07) is 4.61. The third kappa shape index (κ3) is 4.27. The molecule has 17 heavy (non-hydrogen) atoms. The van der Waals surface area contributed by atoms with Crippen LogP contribution in [0.3, 0.4) is 0 Å². The minimum atomic E-state index is -3.48. The molecule has 0 fully saturated rings.